The summed E-state index contributed by atoms with van der Waals surface area (Å²) in [5, 5.41) is 6.01. The van der Waals surface area contributed by atoms with Crippen molar-refractivity contribution in [3.63, 3.8) is 0 Å². The second-order valence-corrected chi connectivity index (χ2v) is 7.16. The van der Waals surface area contributed by atoms with Gasteiger partial charge in [0.15, 0.2) is 5.76 Å². The highest BCUT2D eigenvalue weighted by Gasteiger charge is 2.13. The van der Waals surface area contributed by atoms with Crippen molar-refractivity contribution in [1.29, 1.82) is 0 Å². The van der Waals surface area contributed by atoms with E-state index < -0.39 is 0 Å². The van der Waals surface area contributed by atoms with Crippen LogP contribution >= 0.6 is 11.3 Å². The van der Waals surface area contributed by atoms with Crippen molar-refractivity contribution in [3.8, 4) is 0 Å². The molecule has 0 aliphatic heterocycles. The third kappa shape index (κ3) is 3.79. The van der Waals surface area contributed by atoms with Crippen molar-refractivity contribution in [2.24, 2.45) is 0 Å². The summed E-state index contributed by atoms with van der Waals surface area (Å²) in [6.07, 6.45) is 1.43. The van der Waals surface area contributed by atoms with Crippen LogP contribution in [-0.4, -0.2) is 11.8 Å². The lowest BCUT2D eigenvalue weighted by Crippen LogP contribution is -2.21. The van der Waals surface area contributed by atoms with E-state index in [-0.39, 0.29) is 29.9 Å². The van der Waals surface area contributed by atoms with Crippen LogP contribution in [0.5, 0.6) is 0 Å². The molecule has 5 nitrogen and oxygen atoms in total. The Hall–Kier alpha value is -3.45. The Kier molecular flexibility index (Phi) is 4.90. The van der Waals surface area contributed by atoms with Gasteiger partial charge in [0.1, 0.15) is 5.82 Å². The summed E-state index contributed by atoms with van der Waals surface area (Å²) in [5.74, 6) is -0.743. The number of hydrogen-bond donors (Lipinski definition) is 2. The third-order valence-corrected chi connectivity index (χ3v) is 5.21. The summed E-state index contributed by atoms with van der Waals surface area (Å²) in [6.45, 7) is 0.278. The largest absolute Gasteiger partial charge is 0.459 e. The van der Waals surface area contributed by atoms with Crippen molar-refractivity contribution < 1.29 is 18.4 Å². The monoisotopic (exact) mass is 394 g/mol. The molecule has 7 heteroatoms. The number of carbonyl (C=O) groups excluding carboxylic acids is 2. The summed E-state index contributed by atoms with van der Waals surface area (Å²) >= 11 is 1.25. The first-order chi connectivity index (χ1) is 13.6. The van der Waals surface area contributed by atoms with E-state index in [4.69, 9.17) is 4.42 Å². The van der Waals surface area contributed by atoms with Gasteiger partial charge in [0.2, 0.25) is 0 Å². The molecule has 140 valence electrons. The molecule has 0 aliphatic carbocycles. The number of anilines is 1. The second kappa shape index (κ2) is 7.66. The molecule has 0 spiro atoms. The highest BCUT2D eigenvalue weighted by atomic mass is 32.1. The molecule has 0 fully saturated rings. The number of rotatable bonds is 5. The Morgan fingerprint density at radius 1 is 1.00 bits per heavy atom. The van der Waals surface area contributed by atoms with Crippen molar-refractivity contribution in [2.75, 3.05) is 5.32 Å². The topological polar surface area (TPSA) is 71.3 Å². The number of thiophene rings is 1. The van der Waals surface area contributed by atoms with Gasteiger partial charge in [-0.2, -0.15) is 0 Å². The maximum absolute atomic E-state index is 13.8. The molecule has 4 rings (SSSR count). The molecule has 0 saturated carbocycles. The molecule has 0 bridgehead atoms. The van der Waals surface area contributed by atoms with Crippen molar-refractivity contribution >= 4 is 38.9 Å². The lowest BCUT2D eigenvalue weighted by Gasteiger charge is -2.07. The highest BCUT2D eigenvalue weighted by Crippen LogP contribution is 2.27. The molecule has 0 aliphatic rings. The molecule has 0 unspecified atom stereocenters. The van der Waals surface area contributed by atoms with Crippen LogP contribution in [-0.2, 0) is 6.54 Å². The van der Waals surface area contributed by atoms with E-state index in [1.165, 1.54) is 23.7 Å². The van der Waals surface area contributed by atoms with Crippen molar-refractivity contribution in [1.82, 2.24) is 5.32 Å². The van der Waals surface area contributed by atoms with E-state index >= 15 is 0 Å². The predicted molar refractivity (Wildman–Crippen MR) is 106 cm³/mol. The molecule has 4 aromatic rings. The number of hydrogen-bond acceptors (Lipinski definition) is 4. The molecular weight excluding hydrogens is 379 g/mol. The van der Waals surface area contributed by atoms with Crippen LogP contribution in [0.15, 0.2) is 71.3 Å². The Balaban J connectivity index is 1.42. The minimum absolute atomic E-state index is 0.218. The lowest BCUT2D eigenvalue weighted by molar-refractivity contribution is 0.0953. The fraction of sp³-hybridized carbons (Fsp3) is 0.0476. The fourth-order valence-electron chi connectivity index (χ4n) is 2.77. The van der Waals surface area contributed by atoms with E-state index in [1.54, 1.807) is 48.5 Å². The van der Waals surface area contributed by atoms with E-state index in [2.05, 4.69) is 10.6 Å². The minimum atomic E-state index is -0.349. The molecular formula is C21H15FN2O3S. The number of fused-ring (bicyclic) bond motifs is 1. The van der Waals surface area contributed by atoms with Gasteiger partial charge in [-0.25, -0.2) is 4.39 Å². The molecule has 2 aromatic carbocycles. The quantitative estimate of drug-likeness (QED) is 0.510. The van der Waals surface area contributed by atoms with Gasteiger partial charge in [0, 0.05) is 22.3 Å². The number of nitrogens with one attached hydrogen (secondary N) is 2. The maximum Gasteiger partial charge on any atom is 0.291 e. The Morgan fingerprint density at radius 3 is 2.64 bits per heavy atom. The smallest absolute Gasteiger partial charge is 0.291 e. The molecule has 28 heavy (non-hydrogen) atoms. The summed E-state index contributed by atoms with van der Waals surface area (Å²) in [7, 11) is 0. The minimum Gasteiger partial charge on any atom is -0.459 e. The normalized spacial score (nSPS) is 10.8. The summed E-state index contributed by atoms with van der Waals surface area (Å²) in [6, 6.07) is 16.7. The summed E-state index contributed by atoms with van der Waals surface area (Å²) < 4.78 is 19.6. The first kappa shape index (κ1) is 17.9. The molecule has 2 heterocycles. The number of benzene rings is 2. The van der Waals surface area contributed by atoms with Gasteiger partial charge in [0.05, 0.1) is 11.1 Å². The third-order valence-electron chi connectivity index (χ3n) is 4.11. The molecule has 0 saturated heterocycles. The van der Waals surface area contributed by atoms with Gasteiger partial charge in [0.25, 0.3) is 11.8 Å². The first-order valence-electron chi connectivity index (χ1n) is 8.50. The molecule has 0 radical (unpaired) electrons. The van der Waals surface area contributed by atoms with Crippen LogP contribution in [0.3, 0.4) is 0 Å². The van der Waals surface area contributed by atoms with Gasteiger partial charge in [-0.1, -0.05) is 18.2 Å². The first-order valence-corrected chi connectivity index (χ1v) is 9.32. The van der Waals surface area contributed by atoms with Crippen LogP contribution in [0.2, 0.25) is 0 Å². The molecule has 2 aromatic heterocycles. The highest BCUT2D eigenvalue weighted by molar-refractivity contribution is 7.20. The van der Waals surface area contributed by atoms with Gasteiger partial charge in [-0.15, -0.1) is 11.3 Å². The van der Waals surface area contributed by atoms with E-state index in [1.807, 2.05) is 6.07 Å². The van der Waals surface area contributed by atoms with Gasteiger partial charge in [-0.3, -0.25) is 9.59 Å². The molecule has 2 amide bonds. The van der Waals surface area contributed by atoms with Gasteiger partial charge < -0.3 is 15.1 Å². The summed E-state index contributed by atoms with van der Waals surface area (Å²) in [4.78, 5) is 24.9. The van der Waals surface area contributed by atoms with Gasteiger partial charge in [-0.05, 0) is 48.0 Å². The number of halogens is 1. The fourth-order valence-corrected chi connectivity index (χ4v) is 3.76. The zero-order valence-electron chi connectivity index (χ0n) is 14.6. The van der Waals surface area contributed by atoms with Crippen molar-refractivity contribution in [2.45, 2.75) is 6.54 Å². The second-order valence-electron chi connectivity index (χ2n) is 6.08. The van der Waals surface area contributed by atoms with Crippen molar-refractivity contribution in [3.05, 3.63) is 88.9 Å². The average Bonchev–Trinajstić information content (AvgIpc) is 3.37. The number of furan rings is 1. The van der Waals surface area contributed by atoms with Crippen LogP contribution < -0.4 is 10.6 Å². The zero-order chi connectivity index (χ0) is 19.5. The van der Waals surface area contributed by atoms with Crippen LogP contribution in [0.4, 0.5) is 10.1 Å². The summed E-state index contributed by atoms with van der Waals surface area (Å²) in [5.41, 5.74) is 1.41. The predicted octanol–water partition coefficient (Wildman–Crippen LogP) is 4.82. The van der Waals surface area contributed by atoms with Gasteiger partial charge >= 0.3 is 0 Å². The Morgan fingerprint density at radius 2 is 1.86 bits per heavy atom. The van der Waals surface area contributed by atoms with Crippen LogP contribution in [0, 0.1) is 5.82 Å². The average molecular weight is 394 g/mol. The molecule has 2 N–H and O–H groups in total. The van der Waals surface area contributed by atoms with Crippen LogP contribution in [0.1, 0.15) is 25.8 Å². The van der Waals surface area contributed by atoms with E-state index in [9.17, 15) is 14.0 Å². The zero-order valence-corrected chi connectivity index (χ0v) is 15.4. The van der Waals surface area contributed by atoms with E-state index in [0.29, 0.717) is 16.0 Å². The van der Waals surface area contributed by atoms with E-state index in [0.717, 1.165) is 10.3 Å². The molecule has 0 atom stereocenters. The Labute approximate surface area is 163 Å². The SMILES string of the molecule is O=C(Nc1cccc(CNC(=O)c2cc3c(F)cccc3s2)c1)c1ccco1. The Bertz CT molecular complexity index is 1150. The number of amides is 2. The van der Waals surface area contributed by atoms with Crippen LogP contribution in [0.25, 0.3) is 10.1 Å². The standard InChI is InChI=1S/C21H15FN2O3S/c22-16-6-2-8-18-15(16)11-19(28-18)21(26)23-12-13-4-1-5-14(10-13)24-20(25)17-7-3-9-27-17/h1-11H,12H2,(H,23,26)(H,24,25). The maximum atomic E-state index is 13.8. The number of carbonyl (C=O) groups is 2. The lowest BCUT2D eigenvalue weighted by atomic mass is 10.2.